The molecule has 2 aromatic carbocycles. The van der Waals surface area contributed by atoms with E-state index < -0.39 is 49.0 Å². The molecule has 0 saturated carbocycles. The van der Waals surface area contributed by atoms with Gasteiger partial charge in [0.15, 0.2) is 11.9 Å². The molecule has 2 N–H and O–H groups in total. The fourth-order valence-corrected chi connectivity index (χ4v) is 4.51. The van der Waals surface area contributed by atoms with Crippen molar-refractivity contribution in [1.82, 2.24) is 5.32 Å². The van der Waals surface area contributed by atoms with Crippen LogP contribution in [0.4, 0.5) is 0 Å². The molecular formula is C26H27NO9. The third-order valence-electron chi connectivity index (χ3n) is 6.19. The normalized spacial score (nSPS) is 28.7. The topological polar surface area (TPSA) is 126 Å². The lowest BCUT2D eigenvalue weighted by Crippen LogP contribution is -2.68. The number of carbonyl (C=O) groups is 2. The van der Waals surface area contributed by atoms with Gasteiger partial charge in [-0.25, -0.2) is 4.79 Å². The van der Waals surface area contributed by atoms with Crippen LogP contribution in [0.15, 0.2) is 65.3 Å². The quantitative estimate of drug-likeness (QED) is 0.507. The maximum atomic E-state index is 12.2. The van der Waals surface area contributed by atoms with Crippen LogP contribution >= 0.6 is 0 Å². The van der Waals surface area contributed by atoms with E-state index in [0.29, 0.717) is 11.5 Å². The summed E-state index contributed by atoms with van der Waals surface area (Å²) in [4.78, 5) is 23.9. The first-order valence-corrected chi connectivity index (χ1v) is 11.7. The third kappa shape index (κ3) is 4.93. The van der Waals surface area contributed by atoms with Gasteiger partial charge in [0, 0.05) is 12.3 Å². The summed E-state index contributed by atoms with van der Waals surface area (Å²) in [6, 6.07) is 15.9. The van der Waals surface area contributed by atoms with Crippen LogP contribution in [0.2, 0.25) is 0 Å². The number of amides is 1. The highest BCUT2D eigenvalue weighted by atomic mass is 16.8. The molecule has 0 spiro atoms. The summed E-state index contributed by atoms with van der Waals surface area (Å²) in [6.07, 6.45) is -3.91. The Morgan fingerprint density at radius 3 is 2.64 bits per heavy atom. The van der Waals surface area contributed by atoms with Crippen LogP contribution < -0.4 is 10.1 Å². The first-order valence-electron chi connectivity index (χ1n) is 11.7. The van der Waals surface area contributed by atoms with E-state index in [0.717, 1.165) is 10.8 Å². The van der Waals surface area contributed by atoms with Gasteiger partial charge in [-0.1, -0.05) is 36.4 Å². The summed E-state index contributed by atoms with van der Waals surface area (Å²) in [5, 5.41) is 14.2. The predicted molar refractivity (Wildman–Crippen MR) is 125 cm³/mol. The Kier molecular flexibility index (Phi) is 6.92. The minimum atomic E-state index is -1.18. The number of nitrogens with one attached hydrogen (secondary N) is 1. The number of hydrogen-bond donors (Lipinski definition) is 2. The summed E-state index contributed by atoms with van der Waals surface area (Å²) in [5.41, 5.74) is 0. The molecule has 36 heavy (non-hydrogen) atoms. The Labute approximate surface area is 207 Å². The largest absolute Gasteiger partial charge is 0.479 e. The first-order chi connectivity index (χ1) is 17.4. The van der Waals surface area contributed by atoms with Crippen molar-refractivity contribution in [3.8, 4) is 5.75 Å². The fourth-order valence-electron chi connectivity index (χ4n) is 4.51. The van der Waals surface area contributed by atoms with E-state index in [2.05, 4.69) is 5.32 Å². The van der Waals surface area contributed by atoms with Crippen molar-refractivity contribution in [2.45, 2.75) is 56.9 Å². The van der Waals surface area contributed by atoms with Crippen LogP contribution in [0.3, 0.4) is 0 Å². The zero-order valence-corrected chi connectivity index (χ0v) is 19.7. The molecule has 1 amide bonds. The molecule has 5 rings (SSSR count). The van der Waals surface area contributed by atoms with E-state index >= 15 is 0 Å². The van der Waals surface area contributed by atoms with Crippen molar-refractivity contribution in [2.24, 2.45) is 0 Å². The Morgan fingerprint density at radius 1 is 1.08 bits per heavy atom. The molecule has 0 aliphatic carbocycles. The molecular weight excluding hydrogens is 470 g/mol. The van der Waals surface area contributed by atoms with E-state index in [1.165, 1.54) is 20.1 Å². The van der Waals surface area contributed by atoms with Crippen molar-refractivity contribution in [3.63, 3.8) is 0 Å². The molecule has 7 unspecified atom stereocenters. The van der Waals surface area contributed by atoms with Crippen molar-refractivity contribution in [3.05, 3.63) is 66.6 Å². The maximum Gasteiger partial charge on any atom is 0.332 e. The summed E-state index contributed by atoms with van der Waals surface area (Å²) in [7, 11) is 0. The zero-order valence-electron chi connectivity index (χ0n) is 19.7. The number of carboxylic acids is 1. The van der Waals surface area contributed by atoms with Gasteiger partial charge in [-0.05, 0) is 30.5 Å². The molecule has 1 aromatic heterocycles. The summed E-state index contributed by atoms with van der Waals surface area (Å²) < 4.78 is 35.9. The lowest BCUT2D eigenvalue weighted by atomic mass is 9.95. The molecule has 2 saturated heterocycles. The molecule has 3 aromatic rings. The molecule has 0 bridgehead atoms. The Bertz CT molecular complexity index is 1210. The first kappa shape index (κ1) is 24.3. The van der Waals surface area contributed by atoms with E-state index in [1.54, 1.807) is 18.2 Å². The Balaban J connectivity index is 1.49. The van der Waals surface area contributed by atoms with E-state index in [-0.39, 0.29) is 12.5 Å². The number of ether oxygens (including phenoxy) is 5. The van der Waals surface area contributed by atoms with Gasteiger partial charge in [-0.15, -0.1) is 0 Å². The van der Waals surface area contributed by atoms with E-state index in [4.69, 9.17) is 28.1 Å². The number of carbonyl (C=O) groups excluding carboxylic acids is 1. The van der Waals surface area contributed by atoms with Gasteiger partial charge in [0.05, 0.1) is 12.9 Å². The molecule has 2 aliphatic heterocycles. The van der Waals surface area contributed by atoms with Crippen molar-refractivity contribution in [1.29, 1.82) is 0 Å². The van der Waals surface area contributed by atoms with Gasteiger partial charge in [0.2, 0.25) is 18.5 Å². The van der Waals surface area contributed by atoms with E-state index in [9.17, 15) is 14.7 Å². The maximum absolute atomic E-state index is 12.2. The average Bonchev–Trinajstić information content (AvgIpc) is 3.40. The monoisotopic (exact) mass is 497 g/mol. The summed E-state index contributed by atoms with van der Waals surface area (Å²) >= 11 is 0. The number of furan rings is 1. The highest BCUT2D eigenvalue weighted by Gasteiger charge is 2.53. The number of rotatable bonds is 7. The SMILES string of the molecule is CC(=O)NC1C(Oc2cccc3ccccc23)OC2COC(c3ccco3)OC2C1OC(C)C(=O)O. The average molecular weight is 498 g/mol. The predicted octanol–water partition coefficient (Wildman–Crippen LogP) is 3.01. The van der Waals surface area contributed by atoms with Gasteiger partial charge in [0.1, 0.15) is 30.1 Å². The number of hydrogen-bond acceptors (Lipinski definition) is 8. The number of fused-ring (bicyclic) bond motifs is 2. The van der Waals surface area contributed by atoms with Crippen molar-refractivity contribution >= 4 is 22.6 Å². The van der Waals surface area contributed by atoms with Gasteiger partial charge in [-0.3, -0.25) is 4.79 Å². The van der Waals surface area contributed by atoms with Gasteiger partial charge < -0.3 is 38.5 Å². The molecule has 3 heterocycles. The molecule has 2 aliphatic rings. The standard InChI is InChI=1S/C26H27NO9/c1-14(24(29)30)33-23-21(27-15(2)28)26(34-18-10-5-8-16-7-3-4-9-17(16)18)35-20-13-32-25(36-22(20)23)19-11-6-12-31-19/h3-12,14,20-23,25-26H,13H2,1-2H3,(H,27,28)(H,29,30). The van der Waals surface area contributed by atoms with Crippen molar-refractivity contribution < 1.29 is 42.8 Å². The van der Waals surface area contributed by atoms with Gasteiger partial charge in [-0.2, -0.15) is 0 Å². The van der Waals surface area contributed by atoms with Crippen LogP contribution in [0.5, 0.6) is 5.75 Å². The molecule has 0 radical (unpaired) electrons. The number of carboxylic acid groups (broad SMARTS) is 1. The smallest absolute Gasteiger partial charge is 0.332 e. The highest BCUT2D eigenvalue weighted by molar-refractivity contribution is 5.88. The molecule has 190 valence electrons. The third-order valence-corrected chi connectivity index (χ3v) is 6.19. The summed E-state index contributed by atoms with van der Waals surface area (Å²) in [5.74, 6) is -0.521. The van der Waals surface area contributed by atoms with Crippen LogP contribution in [0.1, 0.15) is 25.9 Å². The lowest BCUT2D eigenvalue weighted by Gasteiger charge is -2.49. The molecule has 10 heteroatoms. The fraction of sp³-hybridized carbons (Fsp3) is 0.385. The second-order valence-electron chi connectivity index (χ2n) is 8.73. The second-order valence-corrected chi connectivity index (χ2v) is 8.73. The zero-order chi connectivity index (χ0) is 25.2. The van der Waals surface area contributed by atoms with Gasteiger partial charge in [0.25, 0.3) is 0 Å². The number of aliphatic carboxylic acids is 1. The lowest BCUT2D eigenvalue weighted by molar-refractivity contribution is -0.343. The number of benzene rings is 2. The molecule has 10 nitrogen and oxygen atoms in total. The van der Waals surface area contributed by atoms with Crippen LogP contribution in [-0.2, 0) is 28.5 Å². The minimum absolute atomic E-state index is 0.111. The van der Waals surface area contributed by atoms with Crippen LogP contribution in [0, 0.1) is 0 Å². The van der Waals surface area contributed by atoms with Gasteiger partial charge >= 0.3 is 5.97 Å². The van der Waals surface area contributed by atoms with Crippen molar-refractivity contribution in [2.75, 3.05) is 6.61 Å². The van der Waals surface area contributed by atoms with E-state index in [1.807, 2.05) is 36.4 Å². The Morgan fingerprint density at radius 2 is 1.89 bits per heavy atom. The Hall–Kier alpha value is -3.44. The molecule has 7 atom stereocenters. The second kappa shape index (κ2) is 10.3. The highest BCUT2D eigenvalue weighted by Crippen LogP contribution is 2.37. The minimum Gasteiger partial charge on any atom is -0.479 e. The summed E-state index contributed by atoms with van der Waals surface area (Å²) in [6.45, 7) is 2.89. The van der Waals surface area contributed by atoms with Crippen LogP contribution in [0.25, 0.3) is 10.8 Å². The van der Waals surface area contributed by atoms with Crippen LogP contribution in [-0.4, -0.2) is 60.3 Å². The molecule has 2 fully saturated rings.